The number of pyridine rings is 1. The summed E-state index contributed by atoms with van der Waals surface area (Å²) >= 11 is 0. The van der Waals surface area contributed by atoms with Gasteiger partial charge in [0.15, 0.2) is 0 Å². The van der Waals surface area contributed by atoms with E-state index in [4.69, 9.17) is 4.74 Å². The van der Waals surface area contributed by atoms with E-state index in [0.29, 0.717) is 17.3 Å². The van der Waals surface area contributed by atoms with Crippen molar-refractivity contribution in [3.05, 3.63) is 54.9 Å². The van der Waals surface area contributed by atoms with Gasteiger partial charge in [0.1, 0.15) is 11.4 Å². The summed E-state index contributed by atoms with van der Waals surface area (Å²) in [6.45, 7) is 0. The molecule has 4 aromatic rings. The Morgan fingerprint density at radius 1 is 1.00 bits per heavy atom. The van der Waals surface area contributed by atoms with Gasteiger partial charge in [0.25, 0.3) is 0 Å². The van der Waals surface area contributed by atoms with Crippen LogP contribution in [0.15, 0.2) is 54.9 Å². The zero-order valence-corrected chi connectivity index (χ0v) is 13.7. The van der Waals surface area contributed by atoms with Crippen molar-refractivity contribution in [2.45, 2.75) is 0 Å². The lowest BCUT2D eigenvalue weighted by Gasteiger charge is -2.09. The molecule has 0 atom stereocenters. The molecule has 0 saturated heterocycles. The fraction of sp³-hybridized carbons (Fsp3) is 0.118. The third-order valence-corrected chi connectivity index (χ3v) is 3.71. The number of hydrogen-bond acceptors (Lipinski definition) is 6. The first-order valence-corrected chi connectivity index (χ1v) is 7.64. The second-order valence-corrected chi connectivity index (χ2v) is 5.38. The Hall–Kier alpha value is -3.55. The summed E-state index contributed by atoms with van der Waals surface area (Å²) in [5.41, 5.74) is 3.15. The number of aryl methyl sites for hydroxylation is 1. The van der Waals surface area contributed by atoms with Crippen molar-refractivity contribution in [3.8, 4) is 34.2 Å². The number of aromatic nitrogens is 7. The van der Waals surface area contributed by atoms with Gasteiger partial charge < -0.3 is 4.74 Å². The highest BCUT2D eigenvalue weighted by atomic mass is 16.5. The van der Waals surface area contributed by atoms with Crippen LogP contribution in [0.5, 0.6) is 5.75 Å². The van der Waals surface area contributed by atoms with Gasteiger partial charge in [-0.2, -0.15) is 5.10 Å². The van der Waals surface area contributed by atoms with Crippen molar-refractivity contribution in [2.75, 3.05) is 7.11 Å². The van der Waals surface area contributed by atoms with Gasteiger partial charge in [-0.3, -0.25) is 9.67 Å². The Morgan fingerprint density at radius 3 is 2.64 bits per heavy atom. The van der Waals surface area contributed by atoms with Gasteiger partial charge in [-0.1, -0.05) is 6.07 Å². The van der Waals surface area contributed by atoms with Crippen LogP contribution in [-0.2, 0) is 7.05 Å². The van der Waals surface area contributed by atoms with Crippen molar-refractivity contribution in [3.63, 3.8) is 0 Å². The minimum Gasteiger partial charge on any atom is -0.496 e. The van der Waals surface area contributed by atoms with E-state index in [9.17, 15) is 0 Å². The summed E-state index contributed by atoms with van der Waals surface area (Å²) in [7, 11) is 3.47. The Kier molecular flexibility index (Phi) is 3.70. The average molecular weight is 333 g/mol. The topological polar surface area (TPSA) is 83.5 Å². The first kappa shape index (κ1) is 15.0. The second kappa shape index (κ2) is 6.16. The molecule has 0 aliphatic rings. The molecule has 0 radical (unpaired) electrons. The molecule has 4 rings (SSSR count). The molecular formula is C17H15N7O. The minimum atomic E-state index is 0.466. The fourth-order valence-corrected chi connectivity index (χ4v) is 2.50. The average Bonchev–Trinajstić information content (AvgIpc) is 3.31. The van der Waals surface area contributed by atoms with Gasteiger partial charge in [0, 0.05) is 31.1 Å². The van der Waals surface area contributed by atoms with Crippen LogP contribution in [0, 0.1) is 0 Å². The molecule has 8 heteroatoms. The maximum Gasteiger partial charge on any atom is 0.225 e. The number of ether oxygens (including phenoxy) is 1. The van der Waals surface area contributed by atoms with Crippen LogP contribution >= 0.6 is 0 Å². The third-order valence-electron chi connectivity index (χ3n) is 3.71. The lowest BCUT2D eigenvalue weighted by molar-refractivity contribution is 0.415. The summed E-state index contributed by atoms with van der Waals surface area (Å²) in [5, 5.41) is 16.8. The van der Waals surface area contributed by atoms with E-state index in [0.717, 1.165) is 16.9 Å². The van der Waals surface area contributed by atoms with Crippen molar-refractivity contribution < 1.29 is 4.74 Å². The van der Waals surface area contributed by atoms with Crippen LogP contribution < -0.4 is 4.74 Å². The van der Waals surface area contributed by atoms with Crippen LogP contribution in [0.2, 0.25) is 0 Å². The molecule has 8 nitrogen and oxygen atoms in total. The Labute approximate surface area is 143 Å². The molecule has 0 spiro atoms. The van der Waals surface area contributed by atoms with Crippen LogP contribution in [-0.4, -0.2) is 42.1 Å². The zero-order chi connectivity index (χ0) is 17.2. The van der Waals surface area contributed by atoms with Crippen molar-refractivity contribution in [1.82, 2.24) is 35.0 Å². The third kappa shape index (κ3) is 2.85. The predicted molar refractivity (Wildman–Crippen MR) is 91.1 cm³/mol. The molecule has 0 fully saturated rings. The van der Waals surface area contributed by atoms with Crippen LogP contribution in [0.1, 0.15) is 0 Å². The standard InChI is InChI=1S/C17H15N7O/c1-23-10-8-15(20-23)17-19-22-24(21-17)12-6-7-13(16(11-12)25-2)14-5-3-4-9-18-14/h3-11H,1-2H3. The molecule has 25 heavy (non-hydrogen) atoms. The van der Waals surface area contributed by atoms with E-state index in [2.05, 4.69) is 25.5 Å². The number of rotatable bonds is 4. The molecular weight excluding hydrogens is 318 g/mol. The fourth-order valence-electron chi connectivity index (χ4n) is 2.50. The largest absolute Gasteiger partial charge is 0.496 e. The highest BCUT2D eigenvalue weighted by Gasteiger charge is 2.13. The van der Waals surface area contributed by atoms with E-state index >= 15 is 0 Å². The Balaban J connectivity index is 1.71. The van der Waals surface area contributed by atoms with E-state index < -0.39 is 0 Å². The summed E-state index contributed by atoms with van der Waals surface area (Å²) in [4.78, 5) is 5.82. The number of nitrogens with zero attached hydrogens (tertiary/aromatic N) is 7. The summed E-state index contributed by atoms with van der Waals surface area (Å²) in [6.07, 6.45) is 3.58. The molecule has 3 aromatic heterocycles. The Bertz CT molecular complexity index is 1010. The van der Waals surface area contributed by atoms with Crippen molar-refractivity contribution >= 4 is 0 Å². The molecule has 1 aromatic carbocycles. The molecule has 124 valence electrons. The smallest absolute Gasteiger partial charge is 0.225 e. The lowest BCUT2D eigenvalue weighted by Crippen LogP contribution is -2.00. The number of tetrazole rings is 1. The molecule has 3 heterocycles. The predicted octanol–water partition coefficient (Wildman–Crippen LogP) is 2.13. The van der Waals surface area contributed by atoms with E-state index in [-0.39, 0.29) is 0 Å². The van der Waals surface area contributed by atoms with Gasteiger partial charge in [0.2, 0.25) is 5.82 Å². The van der Waals surface area contributed by atoms with E-state index in [1.54, 1.807) is 18.0 Å². The first-order valence-electron chi connectivity index (χ1n) is 7.64. The summed E-state index contributed by atoms with van der Waals surface area (Å²) < 4.78 is 7.21. The molecule has 0 aliphatic carbocycles. The van der Waals surface area contributed by atoms with Crippen molar-refractivity contribution in [1.29, 1.82) is 0 Å². The van der Waals surface area contributed by atoms with Crippen LogP contribution in [0.4, 0.5) is 0 Å². The van der Waals surface area contributed by atoms with Gasteiger partial charge in [-0.15, -0.1) is 15.0 Å². The maximum atomic E-state index is 5.51. The van der Waals surface area contributed by atoms with Gasteiger partial charge in [-0.25, -0.2) is 0 Å². The highest BCUT2D eigenvalue weighted by molar-refractivity contribution is 5.69. The number of methoxy groups -OCH3 is 1. The van der Waals surface area contributed by atoms with E-state index in [1.807, 2.05) is 55.7 Å². The normalized spacial score (nSPS) is 10.8. The second-order valence-electron chi connectivity index (χ2n) is 5.38. The maximum absolute atomic E-state index is 5.51. The monoisotopic (exact) mass is 333 g/mol. The minimum absolute atomic E-state index is 0.466. The summed E-state index contributed by atoms with van der Waals surface area (Å²) in [6, 6.07) is 13.3. The molecule has 0 bridgehead atoms. The number of benzene rings is 1. The van der Waals surface area contributed by atoms with Crippen LogP contribution in [0.25, 0.3) is 28.5 Å². The highest BCUT2D eigenvalue weighted by Crippen LogP contribution is 2.30. The number of hydrogen-bond donors (Lipinski definition) is 0. The molecule has 0 aliphatic heterocycles. The molecule has 0 N–H and O–H groups in total. The van der Waals surface area contributed by atoms with E-state index in [1.165, 1.54) is 4.80 Å². The van der Waals surface area contributed by atoms with Gasteiger partial charge in [-0.05, 0) is 35.5 Å². The van der Waals surface area contributed by atoms with Gasteiger partial charge >= 0.3 is 0 Å². The quantitative estimate of drug-likeness (QED) is 0.569. The Morgan fingerprint density at radius 2 is 1.92 bits per heavy atom. The van der Waals surface area contributed by atoms with Crippen LogP contribution in [0.3, 0.4) is 0 Å². The molecule has 0 unspecified atom stereocenters. The lowest BCUT2D eigenvalue weighted by atomic mass is 10.1. The zero-order valence-electron chi connectivity index (χ0n) is 13.7. The van der Waals surface area contributed by atoms with Gasteiger partial charge in [0.05, 0.1) is 18.5 Å². The molecule has 0 amide bonds. The SMILES string of the molecule is COc1cc(-n2nnc(-c3ccn(C)n3)n2)ccc1-c1ccccn1. The van der Waals surface area contributed by atoms with Crippen molar-refractivity contribution in [2.24, 2.45) is 7.05 Å². The summed E-state index contributed by atoms with van der Waals surface area (Å²) in [5.74, 6) is 1.15. The first-order chi connectivity index (χ1) is 12.2. The molecule has 0 saturated carbocycles.